The number of rotatable bonds is 14. The van der Waals surface area contributed by atoms with Crippen LogP contribution in [0.25, 0.3) is 0 Å². The van der Waals surface area contributed by atoms with Gasteiger partial charge in [-0.15, -0.1) is 0 Å². The van der Waals surface area contributed by atoms with Crippen molar-refractivity contribution in [3.63, 3.8) is 0 Å². The normalized spacial score (nSPS) is 15.2. The van der Waals surface area contributed by atoms with Crippen molar-refractivity contribution < 1.29 is 28.7 Å². The summed E-state index contributed by atoms with van der Waals surface area (Å²) in [6.45, 7) is 11.3. The number of ether oxygens (including phenoxy) is 2. The number of hydrogen-bond acceptors (Lipinski definition) is 7. The topological polar surface area (TPSA) is 135 Å². The van der Waals surface area contributed by atoms with Gasteiger partial charge in [0, 0.05) is 19.5 Å². The van der Waals surface area contributed by atoms with E-state index in [9.17, 15) is 19.2 Å². The zero-order chi connectivity index (χ0) is 34.5. The fourth-order valence-corrected chi connectivity index (χ4v) is 5.53. The first-order chi connectivity index (χ1) is 22.2. The molecule has 0 aliphatic heterocycles. The van der Waals surface area contributed by atoms with Crippen LogP contribution in [0.5, 0.6) is 0 Å². The molecule has 0 unspecified atom stereocenters. The number of hydrogen-bond donors (Lipinski definition) is 4. The van der Waals surface area contributed by atoms with Gasteiger partial charge in [0.15, 0.2) is 0 Å². The third kappa shape index (κ3) is 15.0. The smallest absolute Gasteiger partial charge is 0.407 e. The standard InChI is InChI=1S/C37H54N4O6/c1-36(2,3)46-32(42)25-38-30(21-26-13-9-7-10-14-26)34(44)41-31(22-27-15-11-8-12-16-27)33(43)39-23-28-17-19-29(20-18-28)24-40-35(45)47-37(4,5)6/h8,11-12,15-20,26,30-31,38H,7,9-10,13-14,21-25H2,1-6H3,(H,39,43)(H,40,45)(H,41,44)/t30-,31+/m1/s1. The molecule has 0 heterocycles. The summed E-state index contributed by atoms with van der Waals surface area (Å²) in [5, 5.41) is 11.9. The number of benzene rings is 2. The summed E-state index contributed by atoms with van der Waals surface area (Å²) < 4.78 is 10.7. The lowest BCUT2D eigenvalue weighted by molar-refractivity contribution is -0.153. The molecule has 0 bridgehead atoms. The number of alkyl carbamates (subject to hydrolysis) is 1. The van der Waals surface area contributed by atoms with Gasteiger partial charge in [0.05, 0.1) is 12.6 Å². The van der Waals surface area contributed by atoms with Crippen molar-refractivity contribution in [2.75, 3.05) is 6.54 Å². The van der Waals surface area contributed by atoms with Gasteiger partial charge in [-0.1, -0.05) is 86.7 Å². The minimum atomic E-state index is -0.820. The van der Waals surface area contributed by atoms with E-state index in [4.69, 9.17) is 9.47 Å². The molecule has 3 amide bonds. The molecule has 0 aromatic heterocycles. The molecule has 0 saturated heterocycles. The summed E-state index contributed by atoms with van der Waals surface area (Å²) in [4.78, 5) is 51.8. The second-order valence-corrected chi connectivity index (χ2v) is 14.4. The van der Waals surface area contributed by atoms with E-state index in [0.29, 0.717) is 25.3 Å². The molecule has 1 aliphatic carbocycles. The molecule has 2 aromatic rings. The Balaban J connectivity index is 1.65. The van der Waals surface area contributed by atoms with Gasteiger partial charge in [0.25, 0.3) is 0 Å². The molecule has 0 radical (unpaired) electrons. The Kier molecular flexibility index (Phi) is 14.3. The van der Waals surface area contributed by atoms with E-state index in [2.05, 4.69) is 21.3 Å². The third-order valence-electron chi connectivity index (χ3n) is 7.76. The van der Waals surface area contributed by atoms with Gasteiger partial charge >= 0.3 is 12.1 Å². The number of esters is 1. The van der Waals surface area contributed by atoms with E-state index in [0.717, 1.165) is 42.4 Å². The summed E-state index contributed by atoms with van der Waals surface area (Å²) >= 11 is 0. The van der Waals surface area contributed by atoms with E-state index in [1.807, 2.05) is 96.1 Å². The number of carbonyl (C=O) groups is 4. The second kappa shape index (κ2) is 17.8. The maximum absolute atomic E-state index is 13.8. The zero-order valence-corrected chi connectivity index (χ0v) is 28.9. The minimum absolute atomic E-state index is 0.0963. The lowest BCUT2D eigenvalue weighted by Gasteiger charge is -2.28. The van der Waals surface area contributed by atoms with E-state index in [-0.39, 0.29) is 24.9 Å². The lowest BCUT2D eigenvalue weighted by Crippen LogP contribution is -2.54. The Labute approximate surface area is 280 Å². The molecule has 3 rings (SSSR count). The molecule has 0 spiro atoms. The quantitative estimate of drug-likeness (QED) is 0.203. The zero-order valence-electron chi connectivity index (χ0n) is 28.9. The molecule has 1 aliphatic rings. The van der Waals surface area contributed by atoms with Crippen molar-refractivity contribution in [2.45, 2.75) is 123 Å². The predicted octanol–water partition coefficient (Wildman–Crippen LogP) is 5.33. The summed E-state index contributed by atoms with van der Waals surface area (Å²) in [6.07, 6.45) is 5.96. The van der Waals surface area contributed by atoms with Crippen LogP contribution in [0.15, 0.2) is 54.6 Å². The highest BCUT2D eigenvalue weighted by molar-refractivity contribution is 5.90. The van der Waals surface area contributed by atoms with Crippen molar-refractivity contribution in [2.24, 2.45) is 5.92 Å². The van der Waals surface area contributed by atoms with Crippen molar-refractivity contribution in [1.82, 2.24) is 21.3 Å². The molecule has 258 valence electrons. The van der Waals surface area contributed by atoms with Crippen LogP contribution in [0.3, 0.4) is 0 Å². The maximum atomic E-state index is 13.8. The van der Waals surface area contributed by atoms with Crippen LogP contribution in [0.1, 0.15) is 96.8 Å². The van der Waals surface area contributed by atoms with E-state index in [1.165, 1.54) is 6.42 Å². The third-order valence-corrected chi connectivity index (χ3v) is 7.76. The van der Waals surface area contributed by atoms with Crippen LogP contribution in [0.2, 0.25) is 0 Å². The summed E-state index contributed by atoms with van der Waals surface area (Å²) in [6, 6.07) is 15.6. The van der Waals surface area contributed by atoms with Gasteiger partial charge in [-0.2, -0.15) is 0 Å². The first-order valence-corrected chi connectivity index (χ1v) is 16.8. The van der Waals surface area contributed by atoms with Crippen LogP contribution in [-0.2, 0) is 43.4 Å². The molecule has 2 aromatic carbocycles. The van der Waals surface area contributed by atoms with Crippen LogP contribution >= 0.6 is 0 Å². The van der Waals surface area contributed by atoms with Gasteiger partial charge in [0.1, 0.15) is 17.2 Å². The van der Waals surface area contributed by atoms with Crippen LogP contribution in [0, 0.1) is 5.92 Å². The van der Waals surface area contributed by atoms with Crippen LogP contribution < -0.4 is 21.3 Å². The number of amides is 3. The Morgan fingerprint density at radius 1 is 0.702 bits per heavy atom. The molecular weight excluding hydrogens is 596 g/mol. The Morgan fingerprint density at radius 3 is 1.85 bits per heavy atom. The van der Waals surface area contributed by atoms with E-state index < -0.39 is 35.3 Å². The average molecular weight is 651 g/mol. The lowest BCUT2D eigenvalue weighted by atomic mass is 9.84. The highest BCUT2D eigenvalue weighted by Gasteiger charge is 2.29. The summed E-state index contributed by atoms with van der Waals surface area (Å²) in [5.74, 6) is -0.669. The SMILES string of the molecule is CC(C)(C)OC(=O)CN[C@H](CC1CCCCC1)C(=O)N[C@@H](Cc1ccccc1)C(=O)NCc1ccc(CNC(=O)OC(C)(C)C)cc1. The van der Waals surface area contributed by atoms with Gasteiger partial charge in [0.2, 0.25) is 11.8 Å². The van der Waals surface area contributed by atoms with E-state index >= 15 is 0 Å². The molecule has 1 saturated carbocycles. The van der Waals surface area contributed by atoms with Crippen molar-refractivity contribution in [3.8, 4) is 0 Å². The van der Waals surface area contributed by atoms with Gasteiger partial charge in [-0.25, -0.2) is 4.79 Å². The fraction of sp³-hybridized carbons (Fsp3) is 0.568. The van der Waals surface area contributed by atoms with Crippen molar-refractivity contribution >= 4 is 23.9 Å². The Morgan fingerprint density at radius 2 is 1.28 bits per heavy atom. The fourth-order valence-electron chi connectivity index (χ4n) is 5.53. The molecule has 10 nitrogen and oxygen atoms in total. The molecule has 1 fully saturated rings. The first-order valence-electron chi connectivity index (χ1n) is 16.8. The molecule has 2 atom stereocenters. The van der Waals surface area contributed by atoms with Gasteiger partial charge < -0.3 is 25.4 Å². The van der Waals surface area contributed by atoms with Crippen LogP contribution in [-0.4, -0.2) is 53.7 Å². The highest BCUT2D eigenvalue weighted by Crippen LogP contribution is 2.27. The molecule has 10 heteroatoms. The van der Waals surface area contributed by atoms with Gasteiger partial charge in [-0.05, 0) is 70.6 Å². The predicted molar refractivity (Wildman–Crippen MR) is 182 cm³/mol. The number of nitrogens with one attached hydrogen (secondary N) is 4. The summed E-state index contributed by atoms with van der Waals surface area (Å²) in [7, 11) is 0. The second-order valence-electron chi connectivity index (χ2n) is 14.4. The Bertz CT molecular complexity index is 1290. The van der Waals surface area contributed by atoms with Crippen LogP contribution in [0.4, 0.5) is 4.79 Å². The summed E-state index contributed by atoms with van der Waals surface area (Å²) in [5.41, 5.74) is 1.48. The van der Waals surface area contributed by atoms with Crippen molar-refractivity contribution in [3.05, 3.63) is 71.3 Å². The highest BCUT2D eigenvalue weighted by atomic mass is 16.6. The Hall–Kier alpha value is -3.92. The molecular formula is C37H54N4O6. The van der Waals surface area contributed by atoms with Gasteiger partial charge in [-0.3, -0.25) is 19.7 Å². The minimum Gasteiger partial charge on any atom is -0.459 e. The average Bonchev–Trinajstić information content (AvgIpc) is 3.00. The maximum Gasteiger partial charge on any atom is 0.407 e. The number of carbonyl (C=O) groups excluding carboxylic acids is 4. The van der Waals surface area contributed by atoms with Crippen molar-refractivity contribution in [1.29, 1.82) is 0 Å². The van der Waals surface area contributed by atoms with E-state index in [1.54, 1.807) is 0 Å². The monoisotopic (exact) mass is 650 g/mol. The molecule has 4 N–H and O–H groups in total. The molecule has 47 heavy (non-hydrogen) atoms. The first kappa shape index (κ1) is 37.5. The largest absolute Gasteiger partial charge is 0.459 e.